The summed E-state index contributed by atoms with van der Waals surface area (Å²) in [4.78, 5) is 9.86. The number of halogens is 4. The van der Waals surface area contributed by atoms with Gasteiger partial charge in [0.2, 0.25) is 5.82 Å². The second-order valence-corrected chi connectivity index (χ2v) is 8.34. The van der Waals surface area contributed by atoms with Gasteiger partial charge in [0, 0.05) is 30.7 Å². The van der Waals surface area contributed by atoms with Gasteiger partial charge in [0.15, 0.2) is 0 Å². The summed E-state index contributed by atoms with van der Waals surface area (Å²) in [5, 5.41) is 3.40. The molecule has 1 saturated heterocycles. The van der Waals surface area contributed by atoms with Gasteiger partial charge in [-0.25, -0.2) is 14.4 Å². The van der Waals surface area contributed by atoms with Crippen molar-refractivity contribution >= 4 is 5.82 Å². The van der Waals surface area contributed by atoms with Crippen LogP contribution in [-0.2, 0) is 6.18 Å². The minimum Gasteiger partial charge on any atom is -0.353 e. The molecule has 1 N–H and O–H groups in total. The number of nitrogens with zero attached hydrogens (tertiary/aromatic N) is 3. The molecular formula is C24H24F4N4. The summed E-state index contributed by atoms with van der Waals surface area (Å²) in [6.45, 7) is 6.89. The van der Waals surface area contributed by atoms with Crippen molar-refractivity contribution in [3.8, 4) is 22.4 Å². The highest BCUT2D eigenvalue weighted by Crippen LogP contribution is 2.41. The van der Waals surface area contributed by atoms with Crippen LogP contribution in [0.5, 0.6) is 0 Å². The van der Waals surface area contributed by atoms with E-state index < -0.39 is 17.8 Å². The molecule has 2 atom stereocenters. The number of hydrogen-bond donors (Lipinski definition) is 1. The van der Waals surface area contributed by atoms with Gasteiger partial charge in [-0.1, -0.05) is 29.8 Å². The van der Waals surface area contributed by atoms with Crippen molar-refractivity contribution < 1.29 is 17.6 Å². The van der Waals surface area contributed by atoms with E-state index in [2.05, 4.69) is 15.3 Å². The van der Waals surface area contributed by atoms with E-state index in [1.165, 1.54) is 24.3 Å². The number of anilines is 1. The Balaban J connectivity index is 2.03. The Kier molecular flexibility index (Phi) is 5.90. The van der Waals surface area contributed by atoms with E-state index in [0.29, 0.717) is 29.8 Å². The number of nitrogens with one attached hydrogen (secondary N) is 1. The van der Waals surface area contributed by atoms with Gasteiger partial charge >= 0.3 is 6.18 Å². The van der Waals surface area contributed by atoms with Crippen LogP contribution in [0.3, 0.4) is 0 Å². The quantitative estimate of drug-likeness (QED) is 0.545. The highest BCUT2D eigenvalue weighted by molar-refractivity contribution is 5.89. The molecular weight excluding hydrogens is 420 g/mol. The molecule has 0 bridgehead atoms. The maximum atomic E-state index is 13.8. The Morgan fingerprint density at radius 1 is 0.938 bits per heavy atom. The van der Waals surface area contributed by atoms with Gasteiger partial charge in [0.1, 0.15) is 11.6 Å². The van der Waals surface area contributed by atoms with Crippen LogP contribution in [0, 0.1) is 12.7 Å². The molecule has 32 heavy (non-hydrogen) atoms. The second kappa shape index (κ2) is 8.50. The number of hydrogen-bond acceptors (Lipinski definition) is 4. The molecule has 168 valence electrons. The fraction of sp³-hybridized carbons (Fsp3) is 0.333. The highest BCUT2D eigenvalue weighted by atomic mass is 19.4. The molecule has 0 spiro atoms. The minimum absolute atomic E-state index is 0.0719. The number of aromatic nitrogens is 2. The minimum atomic E-state index is -4.72. The molecule has 0 amide bonds. The van der Waals surface area contributed by atoms with E-state index in [1.54, 1.807) is 0 Å². The highest BCUT2D eigenvalue weighted by Gasteiger charge is 2.38. The first kappa shape index (κ1) is 22.2. The molecule has 1 fully saturated rings. The van der Waals surface area contributed by atoms with E-state index in [4.69, 9.17) is 0 Å². The fourth-order valence-electron chi connectivity index (χ4n) is 4.19. The largest absolute Gasteiger partial charge is 0.451 e. The van der Waals surface area contributed by atoms with Crippen molar-refractivity contribution in [2.45, 2.75) is 39.0 Å². The predicted molar refractivity (Wildman–Crippen MR) is 117 cm³/mol. The van der Waals surface area contributed by atoms with Crippen molar-refractivity contribution in [3.05, 3.63) is 65.7 Å². The number of rotatable bonds is 3. The zero-order valence-corrected chi connectivity index (χ0v) is 18.0. The lowest BCUT2D eigenvalue weighted by atomic mass is 9.97. The third-order valence-corrected chi connectivity index (χ3v) is 5.42. The molecule has 0 radical (unpaired) electrons. The normalized spacial score (nSPS) is 19.3. The standard InChI is InChI=1S/C24H24F4N4/c1-14-5-4-6-18(11-14)20-21(17-7-9-19(25)10-8-17)30-23(24(26,27)28)31-22(20)32-12-15(2)29-16(3)13-32/h4-11,15-16,29H,12-13H2,1-3H3. The molecule has 1 aliphatic heterocycles. The van der Waals surface area contributed by atoms with Crippen LogP contribution in [0.15, 0.2) is 48.5 Å². The summed E-state index contributed by atoms with van der Waals surface area (Å²) in [5.74, 6) is -1.44. The molecule has 0 saturated carbocycles. The van der Waals surface area contributed by atoms with Gasteiger partial charge in [-0.3, -0.25) is 0 Å². The maximum absolute atomic E-state index is 13.8. The Bertz CT molecular complexity index is 1100. The average molecular weight is 444 g/mol. The number of aryl methyl sites for hydroxylation is 1. The van der Waals surface area contributed by atoms with Crippen LogP contribution < -0.4 is 10.2 Å². The Morgan fingerprint density at radius 2 is 1.59 bits per heavy atom. The SMILES string of the molecule is Cc1cccc(-c2c(-c3ccc(F)cc3)nc(C(F)(F)F)nc2N2CC(C)NC(C)C2)c1. The van der Waals surface area contributed by atoms with Crippen LogP contribution in [0.2, 0.25) is 0 Å². The number of alkyl halides is 3. The predicted octanol–water partition coefficient (Wildman–Crippen LogP) is 5.46. The van der Waals surface area contributed by atoms with Gasteiger partial charge in [-0.05, 0) is 50.6 Å². The lowest BCUT2D eigenvalue weighted by Crippen LogP contribution is -2.54. The first-order chi connectivity index (χ1) is 15.1. The van der Waals surface area contributed by atoms with Crippen LogP contribution in [-0.4, -0.2) is 35.1 Å². The van der Waals surface area contributed by atoms with Crippen LogP contribution in [0.25, 0.3) is 22.4 Å². The third-order valence-electron chi connectivity index (χ3n) is 5.42. The van der Waals surface area contributed by atoms with E-state index >= 15 is 0 Å². The van der Waals surface area contributed by atoms with E-state index in [-0.39, 0.29) is 23.6 Å². The van der Waals surface area contributed by atoms with Crippen molar-refractivity contribution in [2.24, 2.45) is 0 Å². The summed E-state index contributed by atoms with van der Waals surface area (Å²) in [5.41, 5.74) is 2.71. The van der Waals surface area contributed by atoms with Gasteiger partial charge < -0.3 is 10.2 Å². The van der Waals surface area contributed by atoms with Crippen molar-refractivity contribution in [1.29, 1.82) is 0 Å². The third kappa shape index (κ3) is 4.60. The van der Waals surface area contributed by atoms with Gasteiger partial charge in [0.25, 0.3) is 0 Å². The summed E-state index contributed by atoms with van der Waals surface area (Å²) >= 11 is 0. The summed E-state index contributed by atoms with van der Waals surface area (Å²) in [7, 11) is 0. The molecule has 8 heteroatoms. The lowest BCUT2D eigenvalue weighted by molar-refractivity contribution is -0.144. The van der Waals surface area contributed by atoms with Gasteiger partial charge in [0.05, 0.1) is 11.3 Å². The second-order valence-electron chi connectivity index (χ2n) is 8.34. The Morgan fingerprint density at radius 3 is 2.19 bits per heavy atom. The van der Waals surface area contributed by atoms with Crippen LogP contribution in [0.4, 0.5) is 23.4 Å². The topological polar surface area (TPSA) is 41.1 Å². The monoisotopic (exact) mass is 444 g/mol. The first-order valence-corrected chi connectivity index (χ1v) is 10.4. The molecule has 2 unspecified atom stereocenters. The molecule has 3 aromatic rings. The van der Waals surface area contributed by atoms with E-state index in [1.807, 2.05) is 49.9 Å². The average Bonchev–Trinajstić information content (AvgIpc) is 2.72. The van der Waals surface area contributed by atoms with Gasteiger partial charge in [-0.2, -0.15) is 13.2 Å². The van der Waals surface area contributed by atoms with E-state index in [0.717, 1.165) is 5.56 Å². The van der Waals surface area contributed by atoms with Crippen LogP contribution >= 0.6 is 0 Å². The molecule has 4 rings (SSSR count). The summed E-state index contributed by atoms with van der Waals surface area (Å²) < 4.78 is 55.1. The van der Waals surface area contributed by atoms with Gasteiger partial charge in [-0.15, -0.1) is 0 Å². The lowest BCUT2D eigenvalue weighted by Gasteiger charge is -2.38. The number of piperazine rings is 1. The molecule has 4 nitrogen and oxygen atoms in total. The van der Waals surface area contributed by atoms with Crippen molar-refractivity contribution in [2.75, 3.05) is 18.0 Å². The first-order valence-electron chi connectivity index (χ1n) is 10.4. The van der Waals surface area contributed by atoms with E-state index in [9.17, 15) is 17.6 Å². The number of benzene rings is 2. The van der Waals surface area contributed by atoms with Crippen LogP contribution in [0.1, 0.15) is 25.2 Å². The molecule has 1 aliphatic rings. The zero-order chi connectivity index (χ0) is 23.0. The molecule has 2 heterocycles. The van der Waals surface area contributed by atoms with Crippen molar-refractivity contribution in [3.63, 3.8) is 0 Å². The zero-order valence-electron chi connectivity index (χ0n) is 18.0. The molecule has 1 aromatic heterocycles. The fourth-order valence-corrected chi connectivity index (χ4v) is 4.19. The Labute approximate surface area is 184 Å². The molecule has 2 aromatic carbocycles. The smallest absolute Gasteiger partial charge is 0.353 e. The Hall–Kier alpha value is -3.00. The molecule has 0 aliphatic carbocycles. The summed E-state index contributed by atoms with van der Waals surface area (Å²) in [6.07, 6.45) is -4.72. The summed E-state index contributed by atoms with van der Waals surface area (Å²) in [6, 6.07) is 13.0. The van der Waals surface area contributed by atoms with Crippen molar-refractivity contribution in [1.82, 2.24) is 15.3 Å². The maximum Gasteiger partial charge on any atom is 0.451 e.